The van der Waals surface area contributed by atoms with E-state index in [1.54, 1.807) is 0 Å². The molecular weight excluding hydrogens is 318 g/mol. The molecule has 0 aliphatic heterocycles. The molecule has 0 radical (unpaired) electrons. The van der Waals surface area contributed by atoms with Gasteiger partial charge in [0.25, 0.3) is 0 Å². The Hall–Kier alpha value is -3.33. The zero-order chi connectivity index (χ0) is 17.6. The summed E-state index contributed by atoms with van der Waals surface area (Å²) in [5, 5.41) is 2.28. The highest BCUT2D eigenvalue weighted by atomic mass is 15.5. The fourth-order valence-electron chi connectivity index (χ4n) is 3.08. The molecule has 0 saturated heterocycles. The van der Waals surface area contributed by atoms with E-state index in [2.05, 4.69) is 87.5 Å². The lowest BCUT2D eigenvalue weighted by molar-refractivity contribution is 0.576. The van der Waals surface area contributed by atoms with Gasteiger partial charge in [-0.1, -0.05) is 84.9 Å². The molecule has 3 nitrogen and oxygen atoms in total. The Bertz CT molecular complexity index is 914. The van der Waals surface area contributed by atoms with Crippen LogP contribution in [0.4, 0.5) is 0 Å². The van der Waals surface area contributed by atoms with E-state index in [1.165, 1.54) is 22.3 Å². The van der Waals surface area contributed by atoms with Gasteiger partial charge in [-0.05, 0) is 22.3 Å². The molecule has 1 aromatic heterocycles. The highest BCUT2D eigenvalue weighted by Crippen LogP contribution is 2.20. The maximum absolute atomic E-state index is 4.20. The lowest BCUT2D eigenvalue weighted by Crippen LogP contribution is -2.32. The second-order valence-corrected chi connectivity index (χ2v) is 6.31. The molecule has 3 aromatic carbocycles. The topological polar surface area (TPSA) is 21.1 Å². The van der Waals surface area contributed by atoms with Gasteiger partial charge < -0.3 is 5.01 Å². The van der Waals surface area contributed by atoms with Crippen LogP contribution in [0.3, 0.4) is 0 Å². The van der Waals surface area contributed by atoms with E-state index in [0.29, 0.717) is 0 Å². The summed E-state index contributed by atoms with van der Waals surface area (Å²) in [6, 6.07) is 29.8. The van der Waals surface area contributed by atoms with E-state index in [0.717, 1.165) is 13.1 Å². The number of aromatic nitrogens is 2. The third kappa shape index (κ3) is 3.83. The fraction of sp³-hybridized carbons (Fsp3) is 0.0870. The first-order valence-corrected chi connectivity index (χ1v) is 8.80. The predicted octanol–water partition coefficient (Wildman–Crippen LogP) is 4.89. The van der Waals surface area contributed by atoms with Crippen LogP contribution in [-0.4, -0.2) is 9.66 Å². The molecule has 4 aromatic rings. The van der Waals surface area contributed by atoms with Gasteiger partial charge in [0.05, 0.1) is 13.1 Å². The Morgan fingerprint density at radius 1 is 0.654 bits per heavy atom. The molecule has 0 bridgehead atoms. The molecule has 0 spiro atoms. The molecule has 0 saturated carbocycles. The van der Waals surface area contributed by atoms with Gasteiger partial charge in [-0.2, -0.15) is 0 Å². The summed E-state index contributed by atoms with van der Waals surface area (Å²) in [5.41, 5.74) is 5.04. The van der Waals surface area contributed by atoms with Crippen LogP contribution in [0.15, 0.2) is 104 Å². The van der Waals surface area contributed by atoms with E-state index in [-0.39, 0.29) is 0 Å². The van der Waals surface area contributed by atoms with Crippen molar-refractivity contribution in [2.45, 2.75) is 13.1 Å². The SMILES string of the molecule is c1ccc(CN(Cc2ccc(-c3ccccc3)cc2)n2ccnc2)cc1. The van der Waals surface area contributed by atoms with Crippen LogP contribution >= 0.6 is 0 Å². The van der Waals surface area contributed by atoms with Gasteiger partial charge in [0, 0.05) is 12.4 Å². The molecule has 0 atom stereocenters. The van der Waals surface area contributed by atoms with Crippen LogP contribution in [-0.2, 0) is 13.1 Å². The van der Waals surface area contributed by atoms with Crippen LogP contribution in [0, 0.1) is 0 Å². The third-order valence-corrected chi connectivity index (χ3v) is 4.45. The van der Waals surface area contributed by atoms with Gasteiger partial charge in [-0.25, -0.2) is 4.98 Å². The molecule has 1 heterocycles. The minimum absolute atomic E-state index is 0.820. The molecule has 4 rings (SSSR count). The molecule has 0 aliphatic rings. The largest absolute Gasteiger partial charge is 0.303 e. The molecule has 0 aliphatic carbocycles. The smallest absolute Gasteiger partial charge is 0.114 e. The van der Waals surface area contributed by atoms with Crippen molar-refractivity contribution in [2.75, 3.05) is 5.01 Å². The zero-order valence-corrected chi connectivity index (χ0v) is 14.6. The van der Waals surface area contributed by atoms with Crippen molar-refractivity contribution in [1.82, 2.24) is 9.66 Å². The number of benzene rings is 3. The summed E-state index contributed by atoms with van der Waals surface area (Å²) >= 11 is 0. The van der Waals surface area contributed by atoms with Crippen molar-refractivity contribution in [1.29, 1.82) is 0 Å². The van der Waals surface area contributed by atoms with Crippen molar-refractivity contribution in [3.05, 3.63) is 115 Å². The van der Waals surface area contributed by atoms with Gasteiger partial charge in [0.15, 0.2) is 0 Å². The van der Waals surface area contributed by atoms with Crippen LogP contribution < -0.4 is 5.01 Å². The number of rotatable bonds is 6. The van der Waals surface area contributed by atoms with Crippen molar-refractivity contribution < 1.29 is 0 Å². The highest BCUT2D eigenvalue weighted by Gasteiger charge is 2.08. The number of imidazole rings is 1. The fourth-order valence-corrected chi connectivity index (χ4v) is 3.08. The molecular formula is C23H21N3. The minimum Gasteiger partial charge on any atom is -0.303 e. The first-order valence-electron chi connectivity index (χ1n) is 8.80. The molecule has 0 unspecified atom stereocenters. The van der Waals surface area contributed by atoms with Crippen molar-refractivity contribution in [3.63, 3.8) is 0 Å². The van der Waals surface area contributed by atoms with E-state index >= 15 is 0 Å². The van der Waals surface area contributed by atoms with Gasteiger partial charge in [0.1, 0.15) is 6.33 Å². The van der Waals surface area contributed by atoms with Gasteiger partial charge in [-0.3, -0.25) is 4.68 Å². The van der Waals surface area contributed by atoms with Gasteiger partial charge in [-0.15, -0.1) is 0 Å². The predicted molar refractivity (Wildman–Crippen MR) is 106 cm³/mol. The van der Waals surface area contributed by atoms with E-state index < -0.39 is 0 Å². The van der Waals surface area contributed by atoms with Crippen LogP contribution in [0.25, 0.3) is 11.1 Å². The number of hydrogen-bond donors (Lipinski definition) is 0. The van der Waals surface area contributed by atoms with Crippen molar-refractivity contribution >= 4 is 0 Å². The summed E-state index contributed by atoms with van der Waals surface area (Å²) in [6.07, 6.45) is 5.65. The summed E-state index contributed by atoms with van der Waals surface area (Å²) in [4.78, 5) is 4.20. The Labute approximate surface area is 154 Å². The van der Waals surface area contributed by atoms with E-state index in [1.807, 2.05) is 30.9 Å². The van der Waals surface area contributed by atoms with Gasteiger partial charge >= 0.3 is 0 Å². The second kappa shape index (κ2) is 7.70. The quantitative estimate of drug-likeness (QED) is 0.499. The summed E-state index contributed by atoms with van der Waals surface area (Å²) in [5.74, 6) is 0. The second-order valence-electron chi connectivity index (χ2n) is 6.31. The number of nitrogens with zero attached hydrogens (tertiary/aromatic N) is 3. The first-order chi connectivity index (χ1) is 12.9. The number of hydrogen-bond acceptors (Lipinski definition) is 2. The van der Waals surface area contributed by atoms with E-state index in [9.17, 15) is 0 Å². The average Bonchev–Trinajstić information content (AvgIpc) is 3.24. The Kier molecular flexibility index (Phi) is 4.79. The summed E-state index contributed by atoms with van der Waals surface area (Å²) in [6.45, 7) is 1.65. The lowest BCUT2D eigenvalue weighted by atomic mass is 10.0. The molecule has 0 amide bonds. The lowest BCUT2D eigenvalue weighted by Gasteiger charge is -2.26. The Morgan fingerprint density at radius 2 is 1.23 bits per heavy atom. The normalized spacial score (nSPS) is 10.6. The minimum atomic E-state index is 0.820. The van der Waals surface area contributed by atoms with Crippen molar-refractivity contribution in [2.24, 2.45) is 0 Å². The zero-order valence-electron chi connectivity index (χ0n) is 14.6. The Balaban J connectivity index is 1.54. The van der Waals surface area contributed by atoms with Gasteiger partial charge in [0.2, 0.25) is 0 Å². The maximum atomic E-state index is 4.20. The maximum Gasteiger partial charge on any atom is 0.114 e. The third-order valence-electron chi connectivity index (χ3n) is 4.45. The average molecular weight is 339 g/mol. The van der Waals surface area contributed by atoms with Crippen LogP contribution in [0.1, 0.15) is 11.1 Å². The van der Waals surface area contributed by atoms with Crippen LogP contribution in [0.2, 0.25) is 0 Å². The molecule has 0 fully saturated rings. The Morgan fingerprint density at radius 3 is 1.85 bits per heavy atom. The van der Waals surface area contributed by atoms with Crippen molar-refractivity contribution in [3.8, 4) is 11.1 Å². The first kappa shape index (κ1) is 16.2. The highest BCUT2D eigenvalue weighted by molar-refractivity contribution is 5.63. The summed E-state index contributed by atoms with van der Waals surface area (Å²) in [7, 11) is 0. The molecule has 26 heavy (non-hydrogen) atoms. The van der Waals surface area contributed by atoms with Crippen LogP contribution in [0.5, 0.6) is 0 Å². The van der Waals surface area contributed by atoms with E-state index in [4.69, 9.17) is 0 Å². The molecule has 128 valence electrons. The monoisotopic (exact) mass is 339 g/mol. The molecule has 3 heteroatoms. The standard InChI is InChI=1S/C23H21N3/c1-3-7-20(8-4-1)17-26(25-16-15-24-19-25)18-21-11-13-23(14-12-21)22-9-5-2-6-10-22/h1-16,19H,17-18H2. The summed E-state index contributed by atoms with van der Waals surface area (Å²) < 4.78 is 2.05. The molecule has 0 N–H and O–H groups in total.